The summed E-state index contributed by atoms with van der Waals surface area (Å²) in [7, 11) is 0. The molecule has 0 aliphatic rings. The van der Waals surface area contributed by atoms with E-state index in [4.69, 9.17) is 27.9 Å². The number of halogens is 2. The Kier molecular flexibility index (Phi) is 16.4. The minimum Gasteiger partial charge on any atom is -0.373 e. The summed E-state index contributed by atoms with van der Waals surface area (Å²) in [6.45, 7) is 5.58. The minimum absolute atomic E-state index is 0.573. The molecule has 0 amide bonds. The predicted molar refractivity (Wildman–Crippen MR) is 96.2 cm³/mol. The molecule has 21 heavy (non-hydrogen) atoms. The Hall–Kier alpha value is 0.0200. The van der Waals surface area contributed by atoms with Gasteiger partial charge >= 0.3 is 0 Å². The number of unbranched alkanes of at least 4 members (excludes halogenated alkanes) is 6. The van der Waals surface area contributed by atoms with Crippen molar-refractivity contribution >= 4 is 23.2 Å². The molecule has 124 valence electrons. The van der Waals surface area contributed by atoms with Crippen molar-refractivity contribution in [1.29, 1.82) is 0 Å². The Morgan fingerprint density at radius 1 is 0.714 bits per heavy atom. The third-order valence-electron chi connectivity index (χ3n) is 3.38. The zero-order valence-electron chi connectivity index (χ0n) is 13.8. The summed E-state index contributed by atoms with van der Waals surface area (Å²) in [5, 5.41) is 1.83. The van der Waals surface area contributed by atoms with E-state index in [1.807, 2.05) is 12.2 Å². The molecule has 0 aromatic carbocycles. The lowest BCUT2D eigenvalue weighted by molar-refractivity contribution is 0.193. The highest BCUT2D eigenvalue weighted by Crippen LogP contribution is 2.14. The van der Waals surface area contributed by atoms with Crippen LogP contribution >= 0.6 is 23.2 Å². The maximum Gasteiger partial charge on any atom is 0.0665 e. The third kappa shape index (κ3) is 16.2. The molecule has 0 aliphatic carbocycles. The van der Waals surface area contributed by atoms with Crippen molar-refractivity contribution in [3.8, 4) is 0 Å². The zero-order valence-corrected chi connectivity index (χ0v) is 15.3. The molecule has 0 saturated carbocycles. The van der Waals surface area contributed by atoms with Crippen molar-refractivity contribution in [2.45, 2.75) is 78.1 Å². The fourth-order valence-corrected chi connectivity index (χ4v) is 2.41. The first-order chi connectivity index (χ1) is 10.2. The summed E-state index contributed by atoms with van der Waals surface area (Å²) >= 11 is 12.3. The molecule has 0 aromatic rings. The molecule has 0 unspecified atom stereocenters. The second kappa shape index (κ2) is 16.4. The van der Waals surface area contributed by atoms with Crippen LogP contribution < -0.4 is 0 Å². The van der Waals surface area contributed by atoms with Crippen molar-refractivity contribution in [3.63, 3.8) is 0 Å². The molecule has 0 fully saturated rings. The van der Waals surface area contributed by atoms with E-state index < -0.39 is 0 Å². The lowest BCUT2D eigenvalue weighted by Gasteiger charge is -2.02. The summed E-state index contributed by atoms with van der Waals surface area (Å²) in [5.41, 5.74) is 0. The molecule has 0 rings (SSSR count). The molecule has 1 nitrogen and oxygen atoms in total. The van der Waals surface area contributed by atoms with Crippen LogP contribution in [-0.2, 0) is 4.74 Å². The fraction of sp³-hybridized carbons (Fsp3) is 0.778. The summed E-state index contributed by atoms with van der Waals surface area (Å²) < 4.78 is 5.51. The molecule has 0 bridgehead atoms. The first kappa shape index (κ1) is 21.0. The van der Waals surface area contributed by atoms with Gasteiger partial charge in [-0.05, 0) is 37.8 Å². The van der Waals surface area contributed by atoms with Gasteiger partial charge in [0.2, 0.25) is 0 Å². The van der Waals surface area contributed by atoms with Crippen LogP contribution in [0.5, 0.6) is 0 Å². The number of hydrogen-bond donors (Lipinski definition) is 0. The van der Waals surface area contributed by atoms with Crippen LogP contribution in [0.1, 0.15) is 78.1 Å². The highest BCUT2D eigenvalue weighted by atomic mass is 35.5. The van der Waals surface area contributed by atoms with Gasteiger partial charge in [0.05, 0.1) is 13.2 Å². The quantitative estimate of drug-likeness (QED) is 0.305. The molecule has 0 N–H and O–H groups in total. The molecular formula is C18H32Cl2O. The van der Waals surface area contributed by atoms with Gasteiger partial charge in [-0.3, -0.25) is 0 Å². The van der Waals surface area contributed by atoms with Crippen molar-refractivity contribution in [3.05, 3.63) is 22.2 Å². The van der Waals surface area contributed by atoms with Gasteiger partial charge < -0.3 is 4.74 Å². The lowest BCUT2D eigenvalue weighted by atomic mass is 10.1. The summed E-state index contributed by atoms with van der Waals surface area (Å²) in [6.07, 6.45) is 15.9. The van der Waals surface area contributed by atoms with Crippen molar-refractivity contribution in [2.75, 3.05) is 13.2 Å². The van der Waals surface area contributed by atoms with Crippen molar-refractivity contribution in [2.24, 2.45) is 0 Å². The van der Waals surface area contributed by atoms with Gasteiger partial charge in [-0.25, -0.2) is 0 Å². The molecular weight excluding hydrogens is 303 g/mol. The van der Waals surface area contributed by atoms with Gasteiger partial charge in [0.25, 0.3) is 0 Å². The number of ether oxygens (including phenoxy) is 1. The topological polar surface area (TPSA) is 9.23 Å². The van der Waals surface area contributed by atoms with Gasteiger partial charge in [-0.15, -0.1) is 0 Å². The molecule has 0 aromatic heterocycles. The molecule has 0 saturated heterocycles. The SMILES string of the molecule is CCCCCCC(Cl)=CCOCC=C(Cl)CCCCCC. The van der Waals surface area contributed by atoms with Crippen molar-refractivity contribution in [1.82, 2.24) is 0 Å². The van der Waals surface area contributed by atoms with Gasteiger partial charge in [0.15, 0.2) is 0 Å². The molecule has 0 aliphatic heterocycles. The van der Waals surface area contributed by atoms with Gasteiger partial charge in [0.1, 0.15) is 0 Å². The molecule has 0 spiro atoms. The summed E-state index contributed by atoms with van der Waals surface area (Å²) in [5.74, 6) is 0. The highest BCUT2D eigenvalue weighted by Gasteiger charge is 1.95. The van der Waals surface area contributed by atoms with E-state index in [0.29, 0.717) is 13.2 Å². The lowest BCUT2D eigenvalue weighted by Crippen LogP contribution is -1.92. The Bertz CT molecular complexity index is 257. The van der Waals surface area contributed by atoms with E-state index in [1.54, 1.807) is 0 Å². The zero-order chi connectivity index (χ0) is 15.8. The van der Waals surface area contributed by atoms with E-state index in [-0.39, 0.29) is 0 Å². The Balaban J connectivity index is 3.54. The number of allylic oxidation sites excluding steroid dienone is 2. The maximum absolute atomic E-state index is 6.14. The largest absolute Gasteiger partial charge is 0.373 e. The van der Waals surface area contributed by atoms with Gasteiger partial charge in [-0.2, -0.15) is 0 Å². The van der Waals surface area contributed by atoms with Crippen LogP contribution in [0.15, 0.2) is 22.2 Å². The van der Waals surface area contributed by atoms with E-state index in [2.05, 4.69) is 13.8 Å². The van der Waals surface area contributed by atoms with E-state index in [9.17, 15) is 0 Å². The summed E-state index contributed by atoms with van der Waals surface area (Å²) in [4.78, 5) is 0. The van der Waals surface area contributed by atoms with Crippen LogP contribution in [0.3, 0.4) is 0 Å². The molecule has 0 radical (unpaired) electrons. The van der Waals surface area contributed by atoms with Crippen LogP contribution in [0.4, 0.5) is 0 Å². The van der Waals surface area contributed by atoms with Gasteiger partial charge in [-0.1, -0.05) is 75.6 Å². The maximum atomic E-state index is 6.14. The van der Waals surface area contributed by atoms with E-state index in [0.717, 1.165) is 22.9 Å². The van der Waals surface area contributed by atoms with Crippen molar-refractivity contribution < 1.29 is 4.74 Å². The second-order valence-corrected chi connectivity index (χ2v) is 6.43. The first-order valence-electron chi connectivity index (χ1n) is 8.47. The van der Waals surface area contributed by atoms with Crippen LogP contribution in [-0.4, -0.2) is 13.2 Å². The average molecular weight is 335 g/mol. The van der Waals surface area contributed by atoms with Crippen LogP contribution in [0.2, 0.25) is 0 Å². The fourth-order valence-electron chi connectivity index (χ4n) is 2.01. The average Bonchev–Trinajstić information content (AvgIpc) is 2.48. The van der Waals surface area contributed by atoms with E-state index in [1.165, 1.54) is 51.4 Å². The molecule has 0 heterocycles. The number of hydrogen-bond acceptors (Lipinski definition) is 1. The van der Waals surface area contributed by atoms with Crippen LogP contribution in [0.25, 0.3) is 0 Å². The van der Waals surface area contributed by atoms with Gasteiger partial charge in [0, 0.05) is 10.1 Å². The number of rotatable bonds is 14. The van der Waals surface area contributed by atoms with Crippen LogP contribution in [0, 0.1) is 0 Å². The van der Waals surface area contributed by atoms with E-state index >= 15 is 0 Å². The Morgan fingerprint density at radius 2 is 1.14 bits per heavy atom. The molecule has 3 heteroatoms. The second-order valence-electron chi connectivity index (χ2n) is 5.46. The standard InChI is InChI=1S/C18H32Cl2O/c1-3-5-7-9-11-17(19)13-15-21-16-14-18(20)12-10-8-6-4-2/h13-14H,3-12,15-16H2,1-2H3. The smallest absolute Gasteiger partial charge is 0.0665 e. The molecule has 0 atom stereocenters. The summed E-state index contributed by atoms with van der Waals surface area (Å²) in [6, 6.07) is 0. The third-order valence-corrected chi connectivity index (χ3v) is 4.07. The minimum atomic E-state index is 0.573. The Labute approximate surface area is 141 Å². The Morgan fingerprint density at radius 3 is 1.52 bits per heavy atom. The normalized spacial score (nSPS) is 13.0. The first-order valence-corrected chi connectivity index (χ1v) is 9.23. The highest BCUT2D eigenvalue weighted by molar-refractivity contribution is 6.29. The monoisotopic (exact) mass is 334 g/mol. The predicted octanol–water partition coefficient (Wildman–Crippen LogP) is 7.19.